The van der Waals surface area contributed by atoms with Gasteiger partial charge in [0, 0.05) is 19.3 Å². The van der Waals surface area contributed by atoms with Crippen molar-refractivity contribution in [2.75, 3.05) is 13.2 Å². The van der Waals surface area contributed by atoms with Crippen LogP contribution in [0.5, 0.6) is 0 Å². The number of hydrogen-bond donors (Lipinski definition) is 0. The molecular formula is C58H100O6. The smallest absolute Gasteiger partial charge is 0.306 e. The molecule has 0 N–H and O–H groups in total. The summed E-state index contributed by atoms with van der Waals surface area (Å²) in [4.78, 5) is 37.9. The van der Waals surface area contributed by atoms with Gasteiger partial charge < -0.3 is 14.2 Å². The van der Waals surface area contributed by atoms with Crippen LogP contribution in [0.3, 0.4) is 0 Å². The van der Waals surface area contributed by atoms with Gasteiger partial charge in [0.15, 0.2) is 6.10 Å². The Balaban J connectivity index is 4.36. The fourth-order valence-corrected chi connectivity index (χ4v) is 7.47. The summed E-state index contributed by atoms with van der Waals surface area (Å²) in [6, 6.07) is 0. The van der Waals surface area contributed by atoms with Crippen molar-refractivity contribution in [1.29, 1.82) is 0 Å². The fraction of sp³-hybridized carbons (Fsp3) is 0.741. The third-order valence-electron chi connectivity index (χ3n) is 11.5. The largest absolute Gasteiger partial charge is 0.462 e. The number of ether oxygens (including phenoxy) is 3. The van der Waals surface area contributed by atoms with Gasteiger partial charge in [0.25, 0.3) is 0 Å². The van der Waals surface area contributed by atoms with Gasteiger partial charge in [0.05, 0.1) is 0 Å². The summed E-state index contributed by atoms with van der Waals surface area (Å²) in [6.07, 6.45) is 66.3. The molecule has 0 heterocycles. The molecule has 0 saturated carbocycles. The standard InChI is InChI=1S/C58H100O6/c1-4-7-10-13-16-19-21-23-25-27-29-31-33-35-37-39-42-45-48-51-57(60)63-54-55(53-62-56(59)50-47-44-41-18-15-12-9-6-3)64-58(61)52-49-46-43-40-38-36-34-32-30-28-26-24-22-20-17-14-11-8-5-2/h7,10,16,19,23,25,29,31,35,37,42,45,55H,4-6,8-9,11-15,17-18,20-22,24,26-28,30,32-34,36,38-41,43-44,46-54H2,1-3H3/b10-7-,19-16-,25-23-,31-29-,37-35-,45-42-. The van der Waals surface area contributed by atoms with Gasteiger partial charge >= 0.3 is 17.9 Å². The van der Waals surface area contributed by atoms with E-state index < -0.39 is 6.10 Å². The molecule has 6 heteroatoms. The van der Waals surface area contributed by atoms with Crippen molar-refractivity contribution in [1.82, 2.24) is 0 Å². The summed E-state index contributed by atoms with van der Waals surface area (Å²) >= 11 is 0. The van der Waals surface area contributed by atoms with Gasteiger partial charge in [0.1, 0.15) is 13.2 Å². The average Bonchev–Trinajstić information content (AvgIpc) is 3.29. The molecule has 0 aliphatic heterocycles. The fourth-order valence-electron chi connectivity index (χ4n) is 7.47. The third kappa shape index (κ3) is 49.9. The predicted molar refractivity (Wildman–Crippen MR) is 274 cm³/mol. The van der Waals surface area contributed by atoms with Gasteiger partial charge in [0.2, 0.25) is 0 Å². The van der Waals surface area contributed by atoms with Crippen LogP contribution in [0.1, 0.15) is 258 Å². The van der Waals surface area contributed by atoms with Gasteiger partial charge in [-0.15, -0.1) is 0 Å². The van der Waals surface area contributed by atoms with Crippen molar-refractivity contribution in [3.63, 3.8) is 0 Å². The monoisotopic (exact) mass is 893 g/mol. The predicted octanol–water partition coefficient (Wildman–Crippen LogP) is 17.8. The maximum atomic E-state index is 12.8. The first-order valence-corrected chi connectivity index (χ1v) is 26.9. The Kier molecular flexibility index (Phi) is 49.9. The molecule has 0 fully saturated rings. The highest BCUT2D eigenvalue weighted by molar-refractivity contribution is 5.71. The molecule has 0 aromatic carbocycles. The lowest BCUT2D eigenvalue weighted by atomic mass is 10.0. The minimum absolute atomic E-state index is 0.0960. The summed E-state index contributed by atoms with van der Waals surface area (Å²) in [7, 11) is 0. The van der Waals surface area contributed by atoms with Crippen LogP contribution in [0.4, 0.5) is 0 Å². The maximum absolute atomic E-state index is 12.8. The van der Waals surface area contributed by atoms with Crippen LogP contribution in [0, 0.1) is 0 Å². The van der Waals surface area contributed by atoms with Gasteiger partial charge in [-0.1, -0.05) is 254 Å². The Hall–Kier alpha value is -3.15. The van der Waals surface area contributed by atoms with E-state index in [2.05, 4.69) is 87.6 Å². The van der Waals surface area contributed by atoms with Crippen LogP contribution in [0.2, 0.25) is 0 Å². The van der Waals surface area contributed by atoms with E-state index in [1.807, 2.05) is 6.08 Å². The summed E-state index contributed by atoms with van der Waals surface area (Å²) in [5, 5.41) is 0. The second kappa shape index (κ2) is 52.5. The first-order valence-electron chi connectivity index (χ1n) is 26.9. The van der Waals surface area contributed by atoms with E-state index in [0.717, 1.165) is 77.0 Å². The van der Waals surface area contributed by atoms with Crippen molar-refractivity contribution < 1.29 is 28.6 Å². The van der Waals surface area contributed by atoms with E-state index in [9.17, 15) is 14.4 Å². The van der Waals surface area contributed by atoms with Crippen molar-refractivity contribution >= 4 is 17.9 Å². The summed E-state index contributed by atoms with van der Waals surface area (Å²) in [5.41, 5.74) is 0. The minimum atomic E-state index is -0.801. The number of esters is 3. The van der Waals surface area contributed by atoms with Crippen molar-refractivity contribution in [2.45, 2.75) is 264 Å². The lowest BCUT2D eigenvalue weighted by molar-refractivity contribution is -0.166. The molecule has 6 nitrogen and oxygen atoms in total. The molecule has 1 unspecified atom stereocenters. The minimum Gasteiger partial charge on any atom is -0.462 e. The van der Waals surface area contributed by atoms with Crippen molar-refractivity contribution in [2.24, 2.45) is 0 Å². The normalized spacial score (nSPS) is 12.6. The number of unbranched alkanes of at least 4 members (excludes halogenated alkanes) is 25. The number of allylic oxidation sites excluding steroid dienone is 12. The van der Waals surface area contributed by atoms with Gasteiger partial charge in [-0.3, -0.25) is 14.4 Å². The van der Waals surface area contributed by atoms with Crippen LogP contribution in [0.15, 0.2) is 72.9 Å². The molecule has 368 valence electrons. The lowest BCUT2D eigenvalue weighted by Crippen LogP contribution is -2.30. The molecule has 0 bridgehead atoms. The van der Waals surface area contributed by atoms with Crippen LogP contribution >= 0.6 is 0 Å². The van der Waals surface area contributed by atoms with E-state index in [4.69, 9.17) is 14.2 Å². The Morgan fingerprint density at radius 2 is 0.609 bits per heavy atom. The molecule has 0 radical (unpaired) electrons. The number of hydrogen-bond acceptors (Lipinski definition) is 6. The first kappa shape index (κ1) is 60.9. The molecule has 0 aromatic rings. The van der Waals surface area contributed by atoms with E-state index >= 15 is 0 Å². The zero-order valence-corrected chi connectivity index (χ0v) is 42.0. The molecule has 0 spiro atoms. The lowest BCUT2D eigenvalue weighted by Gasteiger charge is -2.18. The molecule has 0 rings (SSSR count). The molecule has 0 aliphatic rings. The molecule has 0 aromatic heterocycles. The second-order valence-corrected chi connectivity index (χ2v) is 17.8. The molecule has 64 heavy (non-hydrogen) atoms. The third-order valence-corrected chi connectivity index (χ3v) is 11.5. The second-order valence-electron chi connectivity index (χ2n) is 17.8. The summed E-state index contributed by atoms with van der Waals surface area (Å²) in [6.45, 7) is 6.45. The van der Waals surface area contributed by atoms with Crippen LogP contribution in [-0.4, -0.2) is 37.2 Å². The highest BCUT2D eigenvalue weighted by Gasteiger charge is 2.19. The zero-order chi connectivity index (χ0) is 46.5. The number of carbonyl (C=O) groups is 3. The van der Waals surface area contributed by atoms with Crippen LogP contribution < -0.4 is 0 Å². The number of carbonyl (C=O) groups excluding carboxylic acids is 3. The number of rotatable bonds is 48. The van der Waals surface area contributed by atoms with E-state index in [1.54, 1.807) is 0 Å². The van der Waals surface area contributed by atoms with E-state index in [-0.39, 0.29) is 37.5 Å². The molecule has 0 saturated heterocycles. The summed E-state index contributed by atoms with van der Waals surface area (Å²) in [5.74, 6) is -0.982. The Morgan fingerprint density at radius 3 is 0.953 bits per heavy atom. The summed E-state index contributed by atoms with van der Waals surface area (Å²) < 4.78 is 16.7. The Labute approximate surface area is 395 Å². The topological polar surface area (TPSA) is 78.9 Å². The first-order chi connectivity index (χ1) is 31.5. The Morgan fingerprint density at radius 1 is 0.328 bits per heavy atom. The van der Waals surface area contributed by atoms with Gasteiger partial charge in [-0.05, 0) is 57.8 Å². The highest BCUT2D eigenvalue weighted by Crippen LogP contribution is 2.16. The Bertz CT molecular complexity index is 1210. The van der Waals surface area contributed by atoms with Crippen molar-refractivity contribution in [3.05, 3.63) is 72.9 Å². The maximum Gasteiger partial charge on any atom is 0.306 e. The van der Waals surface area contributed by atoms with Crippen LogP contribution in [0.25, 0.3) is 0 Å². The van der Waals surface area contributed by atoms with Crippen molar-refractivity contribution in [3.8, 4) is 0 Å². The molecular weight excluding hydrogens is 793 g/mol. The highest BCUT2D eigenvalue weighted by atomic mass is 16.6. The molecule has 0 amide bonds. The van der Waals surface area contributed by atoms with Gasteiger partial charge in [-0.2, -0.15) is 0 Å². The SMILES string of the molecule is CC/C=C\C/C=C\C/C=C\C/C=C\C/C=C\C/C=C\CCC(=O)OCC(COC(=O)CCCCCCCCCC)OC(=O)CCCCCCCCCCCCCCCCCCCCC. The van der Waals surface area contributed by atoms with E-state index in [0.29, 0.717) is 19.3 Å². The van der Waals surface area contributed by atoms with Crippen LogP contribution in [-0.2, 0) is 28.6 Å². The zero-order valence-electron chi connectivity index (χ0n) is 42.0. The quantitative estimate of drug-likeness (QED) is 0.0262. The molecule has 0 aliphatic carbocycles. The van der Waals surface area contributed by atoms with Gasteiger partial charge in [-0.25, -0.2) is 0 Å². The van der Waals surface area contributed by atoms with E-state index in [1.165, 1.54) is 135 Å². The molecule has 1 atom stereocenters. The average molecular weight is 893 g/mol.